The van der Waals surface area contributed by atoms with Gasteiger partial charge in [-0.2, -0.15) is 0 Å². The molecule has 11 nitrogen and oxygen atoms in total. The SMILES string of the molecule is COc1ccccc1Oc1ccccc1NC(=O)C(=O)Nc1nc(CC(=O)O)c(S(C)(=O)=O)s1. The summed E-state index contributed by atoms with van der Waals surface area (Å²) in [6, 6.07) is 13.3. The zero-order valence-corrected chi connectivity index (χ0v) is 19.5. The van der Waals surface area contributed by atoms with E-state index in [1.165, 1.54) is 13.2 Å². The summed E-state index contributed by atoms with van der Waals surface area (Å²) in [7, 11) is -2.31. The van der Waals surface area contributed by atoms with Crippen molar-refractivity contribution >= 4 is 49.8 Å². The van der Waals surface area contributed by atoms with E-state index >= 15 is 0 Å². The van der Waals surface area contributed by atoms with Gasteiger partial charge in [-0.3, -0.25) is 19.7 Å². The van der Waals surface area contributed by atoms with Crippen molar-refractivity contribution in [1.29, 1.82) is 0 Å². The number of ether oxygens (including phenoxy) is 2. The Bertz CT molecular complexity index is 1350. The highest BCUT2D eigenvalue weighted by Gasteiger charge is 2.24. The lowest BCUT2D eigenvalue weighted by Crippen LogP contribution is -2.29. The van der Waals surface area contributed by atoms with Gasteiger partial charge in [-0.1, -0.05) is 35.6 Å². The molecule has 34 heavy (non-hydrogen) atoms. The molecule has 1 heterocycles. The molecule has 0 saturated carbocycles. The molecule has 0 bridgehead atoms. The van der Waals surface area contributed by atoms with Gasteiger partial charge in [0.15, 0.2) is 32.2 Å². The molecule has 1 aromatic heterocycles. The van der Waals surface area contributed by atoms with Crippen LogP contribution in [-0.2, 0) is 30.6 Å². The summed E-state index contributed by atoms with van der Waals surface area (Å²) in [6.07, 6.45) is 0.234. The van der Waals surface area contributed by atoms with E-state index in [0.29, 0.717) is 22.8 Å². The molecule has 0 aliphatic heterocycles. The molecule has 2 amide bonds. The summed E-state index contributed by atoms with van der Waals surface area (Å²) in [6.45, 7) is 0. The lowest BCUT2D eigenvalue weighted by atomic mass is 10.2. The normalized spacial score (nSPS) is 10.9. The second-order valence-electron chi connectivity index (χ2n) is 6.75. The third-order valence-corrected chi connectivity index (χ3v) is 7.04. The van der Waals surface area contributed by atoms with Crippen LogP contribution in [0, 0.1) is 0 Å². The Hall–Kier alpha value is -3.97. The molecule has 0 aliphatic carbocycles. The fraction of sp³-hybridized carbons (Fsp3) is 0.143. The van der Waals surface area contributed by atoms with Crippen LogP contribution in [0.3, 0.4) is 0 Å². The van der Waals surface area contributed by atoms with Crippen LogP contribution < -0.4 is 20.1 Å². The maximum absolute atomic E-state index is 12.5. The van der Waals surface area contributed by atoms with E-state index in [1.807, 2.05) is 0 Å². The summed E-state index contributed by atoms with van der Waals surface area (Å²) in [4.78, 5) is 39.7. The van der Waals surface area contributed by atoms with E-state index in [2.05, 4.69) is 15.6 Å². The number of carboxylic acids is 1. The van der Waals surface area contributed by atoms with E-state index in [0.717, 1.165) is 6.26 Å². The number of nitrogens with one attached hydrogen (secondary N) is 2. The van der Waals surface area contributed by atoms with Crippen molar-refractivity contribution in [3.8, 4) is 17.2 Å². The molecule has 0 radical (unpaired) electrons. The van der Waals surface area contributed by atoms with Crippen LogP contribution in [0.1, 0.15) is 5.69 Å². The average Bonchev–Trinajstić information content (AvgIpc) is 3.17. The Balaban J connectivity index is 1.77. The van der Waals surface area contributed by atoms with Crippen molar-refractivity contribution in [3.63, 3.8) is 0 Å². The van der Waals surface area contributed by atoms with E-state index in [4.69, 9.17) is 14.6 Å². The molecular formula is C21H19N3O8S2. The summed E-state index contributed by atoms with van der Waals surface area (Å²) in [5, 5.41) is 13.4. The zero-order valence-electron chi connectivity index (χ0n) is 17.9. The van der Waals surface area contributed by atoms with Gasteiger partial charge < -0.3 is 19.9 Å². The molecule has 3 N–H and O–H groups in total. The monoisotopic (exact) mass is 505 g/mol. The fourth-order valence-electron chi connectivity index (χ4n) is 2.75. The number of aromatic nitrogens is 1. The number of methoxy groups -OCH3 is 1. The van der Waals surface area contributed by atoms with Gasteiger partial charge in [-0.15, -0.1) is 0 Å². The highest BCUT2D eigenvalue weighted by Crippen LogP contribution is 2.35. The molecule has 3 rings (SSSR count). The van der Waals surface area contributed by atoms with Gasteiger partial charge in [0.05, 0.1) is 24.9 Å². The number of aliphatic carboxylic acids is 1. The number of sulfone groups is 1. The molecule has 0 saturated heterocycles. The Labute approximate surface area is 198 Å². The second kappa shape index (κ2) is 10.3. The van der Waals surface area contributed by atoms with E-state index in [1.54, 1.807) is 42.5 Å². The Morgan fingerprint density at radius 2 is 1.56 bits per heavy atom. The number of rotatable bonds is 8. The lowest BCUT2D eigenvalue weighted by Gasteiger charge is -2.13. The predicted octanol–water partition coefficient (Wildman–Crippen LogP) is 2.55. The minimum absolute atomic E-state index is 0.191. The van der Waals surface area contributed by atoms with Gasteiger partial charge in [0.2, 0.25) is 0 Å². The third kappa shape index (κ3) is 6.08. The van der Waals surface area contributed by atoms with Crippen LogP contribution >= 0.6 is 11.3 Å². The first-order valence-corrected chi connectivity index (χ1v) is 12.2. The second-order valence-corrected chi connectivity index (χ2v) is 9.96. The Morgan fingerprint density at radius 1 is 0.971 bits per heavy atom. The smallest absolute Gasteiger partial charge is 0.315 e. The van der Waals surface area contributed by atoms with Crippen LogP contribution in [0.4, 0.5) is 10.8 Å². The van der Waals surface area contributed by atoms with E-state index in [-0.39, 0.29) is 26.5 Å². The number of amides is 2. The number of benzene rings is 2. The maximum Gasteiger partial charge on any atom is 0.315 e. The molecule has 0 unspecified atom stereocenters. The van der Waals surface area contributed by atoms with Crippen LogP contribution in [0.25, 0.3) is 0 Å². The van der Waals surface area contributed by atoms with E-state index < -0.39 is 34.0 Å². The largest absolute Gasteiger partial charge is 0.493 e. The first-order chi connectivity index (χ1) is 16.1. The molecule has 0 fully saturated rings. The number of carbonyl (C=O) groups is 3. The average molecular weight is 506 g/mol. The zero-order chi connectivity index (χ0) is 24.9. The minimum atomic E-state index is -3.79. The lowest BCUT2D eigenvalue weighted by molar-refractivity contribution is -0.136. The first kappa shape index (κ1) is 24.7. The van der Waals surface area contributed by atoms with Gasteiger partial charge in [-0.25, -0.2) is 13.4 Å². The van der Waals surface area contributed by atoms with Crippen molar-refractivity contribution < 1.29 is 37.4 Å². The molecular weight excluding hydrogens is 486 g/mol. The molecule has 0 atom stereocenters. The Kier molecular flexibility index (Phi) is 7.48. The van der Waals surface area contributed by atoms with Crippen LogP contribution in [0.15, 0.2) is 52.7 Å². The van der Waals surface area contributed by atoms with Crippen molar-refractivity contribution in [1.82, 2.24) is 4.98 Å². The number of carbonyl (C=O) groups excluding carboxylic acids is 2. The van der Waals surface area contributed by atoms with Gasteiger partial charge in [0.1, 0.15) is 4.21 Å². The van der Waals surface area contributed by atoms with Gasteiger partial charge in [0.25, 0.3) is 0 Å². The molecule has 13 heteroatoms. The van der Waals surface area contributed by atoms with Crippen molar-refractivity contribution in [2.75, 3.05) is 24.0 Å². The van der Waals surface area contributed by atoms with Crippen LogP contribution in [0.2, 0.25) is 0 Å². The molecule has 3 aromatic rings. The predicted molar refractivity (Wildman–Crippen MR) is 123 cm³/mol. The minimum Gasteiger partial charge on any atom is -0.493 e. The van der Waals surface area contributed by atoms with Crippen molar-refractivity contribution in [3.05, 3.63) is 54.2 Å². The number of anilines is 2. The number of hydrogen-bond donors (Lipinski definition) is 3. The van der Waals surface area contributed by atoms with Crippen molar-refractivity contribution in [2.24, 2.45) is 0 Å². The van der Waals surface area contributed by atoms with Gasteiger partial charge >= 0.3 is 17.8 Å². The van der Waals surface area contributed by atoms with Gasteiger partial charge in [0, 0.05) is 6.26 Å². The third-order valence-electron chi connectivity index (χ3n) is 4.17. The number of para-hydroxylation sites is 4. The number of thiazole rings is 1. The van der Waals surface area contributed by atoms with Crippen LogP contribution in [-0.4, -0.2) is 49.7 Å². The number of nitrogens with zero attached hydrogens (tertiary/aromatic N) is 1. The van der Waals surface area contributed by atoms with Gasteiger partial charge in [-0.05, 0) is 24.3 Å². The standard InChI is InChI=1S/C21H19N3O8S2/c1-31-15-9-5-6-10-16(15)32-14-8-4-3-7-12(14)22-18(27)19(28)24-21-23-13(11-17(25)26)20(33-21)34(2,29)30/h3-10H,11H2,1-2H3,(H,22,27)(H,25,26)(H,23,24,28). The molecule has 2 aromatic carbocycles. The number of carboxylic acid groups (broad SMARTS) is 1. The Morgan fingerprint density at radius 3 is 2.18 bits per heavy atom. The summed E-state index contributed by atoms with van der Waals surface area (Å²) in [5.74, 6) is -2.42. The maximum atomic E-state index is 12.5. The highest BCUT2D eigenvalue weighted by atomic mass is 32.2. The molecule has 0 aliphatic rings. The summed E-state index contributed by atoms with van der Waals surface area (Å²) in [5.41, 5.74) is -0.0395. The van der Waals surface area contributed by atoms with E-state index in [9.17, 15) is 22.8 Å². The fourth-order valence-corrected chi connectivity index (χ4v) is 4.85. The number of hydrogen-bond acceptors (Lipinski definition) is 9. The molecule has 178 valence electrons. The topological polar surface area (TPSA) is 161 Å². The first-order valence-electron chi connectivity index (χ1n) is 9.52. The highest BCUT2D eigenvalue weighted by molar-refractivity contribution is 7.92. The van der Waals surface area contributed by atoms with Crippen LogP contribution in [0.5, 0.6) is 17.2 Å². The quantitative estimate of drug-likeness (QED) is 0.391. The summed E-state index contributed by atoms with van der Waals surface area (Å²) < 4.78 is 34.6. The van der Waals surface area contributed by atoms with Crippen molar-refractivity contribution in [2.45, 2.75) is 10.6 Å². The summed E-state index contributed by atoms with van der Waals surface area (Å²) >= 11 is 0.557. The molecule has 0 spiro atoms.